The summed E-state index contributed by atoms with van der Waals surface area (Å²) >= 11 is 0. The fourth-order valence-electron chi connectivity index (χ4n) is 0.424. The molecule has 0 aliphatic rings. The summed E-state index contributed by atoms with van der Waals surface area (Å²) in [5.41, 5.74) is 3.52. The molecule has 0 amide bonds. The Bertz CT molecular complexity index is 82.5. The Morgan fingerprint density at radius 2 is 2.38 bits per heavy atom. The minimum absolute atomic E-state index is 0.340. The van der Waals surface area contributed by atoms with Gasteiger partial charge >= 0.3 is 0 Å². The highest BCUT2D eigenvalue weighted by Crippen LogP contribution is 1.94. The molecular weight excluding hydrogens is 106 g/mol. The van der Waals surface area contributed by atoms with E-state index in [2.05, 4.69) is 5.73 Å². The van der Waals surface area contributed by atoms with Gasteiger partial charge in [0.1, 0.15) is 0 Å². The largest absolute Gasteiger partial charge is 0.550 e. The third-order valence-electron chi connectivity index (χ3n) is 1.04. The minimum atomic E-state index is -0.978. The summed E-state index contributed by atoms with van der Waals surface area (Å²) in [6, 6.07) is 0. The van der Waals surface area contributed by atoms with E-state index in [1.807, 2.05) is 0 Å². The van der Waals surface area contributed by atoms with Crippen LogP contribution in [0.5, 0.6) is 0 Å². The second kappa shape index (κ2) is 3.43. The second-order valence-corrected chi connectivity index (χ2v) is 1.86. The molecule has 1 atom stereocenters. The number of hydrogen-bond donors (Lipinski definition) is 1. The Morgan fingerprint density at radius 1 is 1.88 bits per heavy atom. The van der Waals surface area contributed by atoms with E-state index in [4.69, 9.17) is 0 Å². The third kappa shape index (κ3) is 2.58. The van der Waals surface area contributed by atoms with Crippen LogP contribution in [0.25, 0.3) is 0 Å². The molecule has 0 rings (SSSR count). The molecule has 3 N–H and O–H groups in total. The zero-order valence-electron chi connectivity index (χ0n) is 5.02. The van der Waals surface area contributed by atoms with Crippen molar-refractivity contribution in [2.45, 2.75) is 13.3 Å². The van der Waals surface area contributed by atoms with Crippen LogP contribution in [0.15, 0.2) is 0 Å². The van der Waals surface area contributed by atoms with Gasteiger partial charge in [0.2, 0.25) is 0 Å². The molecule has 0 heterocycles. The van der Waals surface area contributed by atoms with Crippen molar-refractivity contribution in [1.29, 1.82) is 0 Å². The summed E-state index contributed by atoms with van der Waals surface area (Å²) in [4.78, 5) is 9.95. The van der Waals surface area contributed by atoms with Crippen LogP contribution < -0.4 is 10.8 Å². The second-order valence-electron chi connectivity index (χ2n) is 1.86. The molecule has 0 spiro atoms. The Balaban J connectivity index is 3.32. The molecule has 0 saturated heterocycles. The number of carbonyl (C=O) groups is 1. The van der Waals surface area contributed by atoms with Gasteiger partial charge in [-0.25, -0.2) is 0 Å². The number of hydrogen-bond acceptors (Lipinski definition) is 2. The van der Waals surface area contributed by atoms with Gasteiger partial charge in [0, 0.05) is 18.3 Å². The van der Waals surface area contributed by atoms with Gasteiger partial charge in [0.15, 0.2) is 0 Å². The lowest BCUT2D eigenvalue weighted by Gasteiger charge is -2.07. The van der Waals surface area contributed by atoms with E-state index in [-0.39, 0.29) is 5.92 Å². The number of carboxylic acid groups (broad SMARTS) is 1. The Kier molecular flexibility index (Phi) is 3.19. The smallest absolute Gasteiger partial charge is 0.0746 e. The highest BCUT2D eigenvalue weighted by molar-refractivity contribution is 5.66. The normalized spacial score (nSPS) is 13.2. The zero-order chi connectivity index (χ0) is 6.57. The fourth-order valence-corrected chi connectivity index (χ4v) is 0.424. The first-order valence-corrected chi connectivity index (χ1v) is 2.68. The predicted molar refractivity (Wildman–Crippen MR) is 26.5 cm³/mol. The molecular formula is C5H11NO2. The maximum absolute atomic E-state index is 9.95. The molecule has 48 valence electrons. The quantitative estimate of drug-likeness (QED) is 0.464. The maximum Gasteiger partial charge on any atom is 0.0746 e. The average Bonchev–Trinajstić information content (AvgIpc) is 1.67. The summed E-state index contributed by atoms with van der Waals surface area (Å²) < 4.78 is 0. The number of carbonyl (C=O) groups excluding carboxylic acids is 1. The molecule has 0 aliphatic carbocycles. The fraction of sp³-hybridized carbons (Fsp3) is 0.800. The van der Waals surface area contributed by atoms with E-state index >= 15 is 0 Å². The van der Waals surface area contributed by atoms with Crippen molar-refractivity contribution >= 4 is 5.97 Å². The molecule has 0 aliphatic heterocycles. The highest BCUT2D eigenvalue weighted by atomic mass is 16.4. The summed E-state index contributed by atoms with van der Waals surface area (Å²) in [6.07, 6.45) is 0.613. The van der Waals surface area contributed by atoms with Crippen molar-refractivity contribution < 1.29 is 15.6 Å². The molecule has 0 fully saturated rings. The van der Waals surface area contributed by atoms with E-state index in [0.29, 0.717) is 13.0 Å². The lowest BCUT2D eigenvalue weighted by atomic mass is 10.1. The van der Waals surface area contributed by atoms with Gasteiger partial charge < -0.3 is 15.6 Å². The van der Waals surface area contributed by atoms with Crippen LogP contribution in [0, 0.1) is 5.92 Å². The van der Waals surface area contributed by atoms with Crippen molar-refractivity contribution in [2.24, 2.45) is 5.92 Å². The molecule has 3 nitrogen and oxygen atoms in total. The van der Waals surface area contributed by atoms with Gasteiger partial charge in [-0.05, 0) is 0 Å². The van der Waals surface area contributed by atoms with Crippen LogP contribution in [0.1, 0.15) is 13.3 Å². The SMILES string of the molecule is C[C@@H](CC[NH3+])C(=O)[O-]. The van der Waals surface area contributed by atoms with E-state index in [1.165, 1.54) is 0 Å². The van der Waals surface area contributed by atoms with E-state index in [9.17, 15) is 9.90 Å². The lowest BCUT2D eigenvalue weighted by Crippen LogP contribution is -2.51. The number of rotatable bonds is 3. The zero-order valence-corrected chi connectivity index (χ0v) is 5.02. The minimum Gasteiger partial charge on any atom is -0.550 e. The maximum atomic E-state index is 9.95. The van der Waals surface area contributed by atoms with Gasteiger partial charge in [0.05, 0.1) is 6.54 Å². The van der Waals surface area contributed by atoms with Crippen LogP contribution in [-0.2, 0) is 4.79 Å². The first-order valence-electron chi connectivity index (χ1n) is 2.68. The van der Waals surface area contributed by atoms with Gasteiger partial charge in [-0.15, -0.1) is 0 Å². The predicted octanol–water partition coefficient (Wildman–Crippen LogP) is -2.00. The first kappa shape index (κ1) is 7.43. The van der Waals surface area contributed by atoms with E-state index in [1.54, 1.807) is 6.92 Å². The van der Waals surface area contributed by atoms with Crippen LogP contribution in [-0.4, -0.2) is 12.5 Å². The van der Waals surface area contributed by atoms with E-state index in [0.717, 1.165) is 0 Å². The molecule has 0 bridgehead atoms. The first-order chi connectivity index (χ1) is 3.68. The summed E-state index contributed by atoms with van der Waals surface area (Å²) in [5, 5.41) is 9.95. The molecule has 0 radical (unpaired) electrons. The number of aliphatic carboxylic acids is 1. The topological polar surface area (TPSA) is 67.8 Å². The van der Waals surface area contributed by atoms with Crippen LogP contribution in [0.3, 0.4) is 0 Å². The summed E-state index contributed by atoms with van der Waals surface area (Å²) in [7, 11) is 0. The van der Waals surface area contributed by atoms with Crippen molar-refractivity contribution in [3.8, 4) is 0 Å². The Hall–Kier alpha value is -0.570. The number of quaternary nitrogens is 1. The standard InChI is InChI=1S/C5H11NO2/c1-4(2-3-6)5(7)8/h4H,2-3,6H2,1H3,(H,7,8)/t4-/m0/s1. The molecule has 3 heteroatoms. The van der Waals surface area contributed by atoms with Crippen molar-refractivity contribution in [2.75, 3.05) is 6.54 Å². The number of carboxylic acids is 1. The Morgan fingerprint density at radius 3 is 2.50 bits per heavy atom. The van der Waals surface area contributed by atoms with Crippen molar-refractivity contribution in [3.63, 3.8) is 0 Å². The van der Waals surface area contributed by atoms with Gasteiger partial charge in [-0.2, -0.15) is 0 Å². The van der Waals surface area contributed by atoms with Gasteiger partial charge in [-0.3, -0.25) is 0 Å². The van der Waals surface area contributed by atoms with Gasteiger partial charge in [-0.1, -0.05) is 6.92 Å². The molecule has 0 saturated carbocycles. The lowest BCUT2D eigenvalue weighted by molar-refractivity contribution is -0.372. The molecule has 0 aromatic carbocycles. The monoisotopic (exact) mass is 117 g/mol. The van der Waals surface area contributed by atoms with Crippen LogP contribution in [0.2, 0.25) is 0 Å². The van der Waals surface area contributed by atoms with Crippen molar-refractivity contribution in [3.05, 3.63) is 0 Å². The average molecular weight is 117 g/mol. The highest BCUT2D eigenvalue weighted by Gasteiger charge is 1.99. The van der Waals surface area contributed by atoms with Crippen LogP contribution in [0.4, 0.5) is 0 Å². The van der Waals surface area contributed by atoms with Crippen LogP contribution >= 0.6 is 0 Å². The molecule has 0 unspecified atom stereocenters. The van der Waals surface area contributed by atoms with Crippen molar-refractivity contribution in [1.82, 2.24) is 0 Å². The summed E-state index contributed by atoms with van der Waals surface area (Å²) in [6.45, 7) is 2.29. The van der Waals surface area contributed by atoms with Gasteiger partial charge in [0.25, 0.3) is 0 Å². The Labute approximate surface area is 48.5 Å². The third-order valence-corrected chi connectivity index (χ3v) is 1.04. The molecule has 0 aromatic rings. The molecule has 0 aromatic heterocycles. The van der Waals surface area contributed by atoms with E-state index < -0.39 is 5.97 Å². The summed E-state index contributed by atoms with van der Waals surface area (Å²) in [5.74, 6) is -1.32. The molecule has 8 heavy (non-hydrogen) atoms.